The van der Waals surface area contributed by atoms with E-state index >= 15 is 0 Å². The van der Waals surface area contributed by atoms with Gasteiger partial charge in [-0.3, -0.25) is 4.79 Å². The molecule has 6 heteroatoms. The van der Waals surface area contributed by atoms with E-state index in [9.17, 15) is 9.59 Å². The average Bonchev–Trinajstić information content (AvgIpc) is 2.51. The highest BCUT2D eigenvalue weighted by Gasteiger charge is 2.26. The molecule has 1 aromatic rings. The first kappa shape index (κ1) is 17.8. The lowest BCUT2D eigenvalue weighted by Gasteiger charge is -2.34. The number of piperidine rings is 1. The van der Waals surface area contributed by atoms with Crippen LogP contribution in [0.15, 0.2) is 22.7 Å². The third-order valence-electron chi connectivity index (χ3n) is 3.94. The zero-order valence-electron chi connectivity index (χ0n) is 13.7. The van der Waals surface area contributed by atoms with Crippen molar-refractivity contribution in [2.45, 2.75) is 20.3 Å². The summed E-state index contributed by atoms with van der Waals surface area (Å²) in [4.78, 5) is 26.2. The van der Waals surface area contributed by atoms with Gasteiger partial charge in [-0.2, -0.15) is 0 Å². The first-order chi connectivity index (χ1) is 10.9. The molecule has 1 fully saturated rings. The Balaban J connectivity index is 1.95. The van der Waals surface area contributed by atoms with Gasteiger partial charge in [0.1, 0.15) is 5.75 Å². The molecule has 0 saturated carbocycles. The van der Waals surface area contributed by atoms with Crippen molar-refractivity contribution in [3.63, 3.8) is 0 Å². The van der Waals surface area contributed by atoms with Crippen LogP contribution in [-0.2, 0) is 9.53 Å². The van der Waals surface area contributed by atoms with Gasteiger partial charge in [-0.25, -0.2) is 4.79 Å². The Hall–Kier alpha value is -1.56. The number of ether oxygens (including phenoxy) is 2. The van der Waals surface area contributed by atoms with Crippen LogP contribution in [0.1, 0.15) is 30.6 Å². The molecule has 0 radical (unpaired) electrons. The number of halogens is 1. The van der Waals surface area contributed by atoms with E-state index < -0.39 is 5.97 Å². The lowest BCUT2D eigenvalue weighted by molar-refractivity contribution is -0.137. The molecule has 1 heterocycles. The second kappa shape index (κ2) is 7.81. The SMILES string of the molecule is COc1ccc(Br)c(C(=O)OCC(=O)N2C[C@@H](C)C[C@H](C)C2)c1. The Kier molecular flexibility index (Phi) is 6.04. The molecule has 5 nitrogen and oxygen atoms in total. The molecule has 1 aliphatic rings. The Morgan fingerprint density at radius 3 is 2.52 bits per heavy atom. The Morgan fingerprint density at radius 2 is 1.91 bits per heavy atom. The predicted octanol–water partition coefficient (Wildman–Crippen LogP) is 3.12. The standard InChI is InChI=1S/C17H22BrNO4/c1-11-6-12(2)9-19(8-11)16(20)10-23-17(21)14-7-13(22-3)4-5-15(14)18/h4-5,7,11-12H,6,8-10H2,1-3H3/t11-,12-/m0/s1. The minimum Gasteiger partial charge on any atom is -0.497 e. The van der Waals surface area contributed by atoms with Gasteiger partial charge in [0.25, 0.3) is 5.91 Å². The van der Waals surface area contributed by atoms with Crippen LogP contribution in [0.5, 0.6) is 5.75 Å². The van der Waals surface area contributed by atoms with Crippen LogP contribution in [0, 0.1) is 11.8 Å². The fourth-order valence-corrected chi connectivity index (χ4v) is 3.36. The monoisotopic (exact) mass is 383 g/mol. The number of esters is 1. The number of likely N-dealkylation sites (tertiary alicyclic amines) is 1. The van der Waals surface area contributed by atoms with Crippen LogP contribution in [0.2, 0.25) is 0 Å². The Morgan fingerprint density at radius 1 is 1.26 bits per heavy atom. The molecule has 1 aliphatic heterocycles. The van der Waals surface area contributed by atoms with Gasteiger partial charge < -0.3 is 14.4 Å². The van der Waals surface area contributed by atoms with Crippen molar-refractivity contribution in [1.82, 2.24) is 4.90 Å². The number of benzene rings is 1. The minimum absolute atomic E-state index is 0.143. The second-order valence-corrected chi connectivity index (χ2v) is 7.02. The summed E-state index contributed by atoms with van der Waals surface area (Å²) >= 11 is 3.31. The van der Waals surface area contributed by atoms with E-state index in [4.69, 9.17) is 9.47 Å². The second-order valence-electron chi connectivity index (χ2n) is 6.17. The summed E-state index contributed by atoms with van der Waals surface area (Å²) in [5.74, 6) is 0.833. The molecule has 1 saturated heterocycles. The van der Waals surface area contributed by atoms with Crippen LogP contribution >= 0.6 is 15.9 Å². The van der Waals surface area contributed by atoms with E-state index in [1.54, 1.807) is 23.1 Å². The molecular weight excluding hydrogens is 362 g/mol. The Labute approximate surface area is 145 Å². The summed E-state index contributed by atoms with van der Waals surface area (Å²) in [6, 6.07) is 5.04. The highest BCUT2D eigenvalue weighted by Crippen LogP contribution is 2.24. The molecule has 126 valence electrons. The van der Waals surface area contributed by atoms with Crippen molar-refractivity contribution in [3.05, 3.63) is 28.2 Å². The smallest absolute Gasteiger partial charge is 0.339 e. The largest absolute Gasteiger partial charge is 0.497 e. The maximum Gasteiger partial charge on any atom is 0.339 e. The maximum atomic E-state index is 12.2. The van der Waals surface area contributed by atoms with Crippen molar-refractivity contribution >= 4 is 27.8 Å². The van der Waals surface area contributed by atoms with Gasteiger partial charge in [0.15, 0.2) is 6.61 Å². The van der Waals surface area contributed by atoms with Crippen LogP contribution in [0.4, 0.5) is 0 Å². The van der Waals surface area contributed by atoms with Gasteiger partial charge in [-0.15, -0.1) is 0 Å². The third-order valence-corrected chi connectivity index (χ3v) is 4.63. The average molecular weight is 384 g/mol. The summed E-state index contributed by atoms with van der Waals surface area (Å²) in [6.07, 6.45) is 1.13. The number of amides is 1. The highest BCUT2D eigenvalue weighted by atomic mass is 79.9. The van der Waals surface area contributed by atoms with E-state index in [-0.39, 0.29) is 12.5 Å². The number of nitrogens with zero attached hydrogens (tertiary/aromatic N) is 1. The number of carbonyl (C=O) groups excluding carboxylic acids is 2. The topological polar surface area (TPSA) is 55.8 Å². The van der Waals surface area contributed by atoms with Crippen molar-refractivity contribution in [3.8, 4) is 5.75 Å². The molecule has 23 heavy (non-hydrogen) atoms. The van der Waals surface area contributed by atoms with E-state index in [1.165, 1.54) is 7.11 Å². The van der Waals surface area contributed by atoms with Crippen molar-refractivity contribution < 1.29 is 19.1 Å². The van der Waals surface area contributed by atoms with Gasteiger partial charge in [0, 0.05) is 17.6 Å². The normalized spacial score (nSPS) is 21.0. The molecule has 0 bridgehead atoms. The summed E-state index contributed by atoms with van der Waals surface area (Å²) in [6.45, 7) is 5.49. The Bertz CT molecular complexity index is 580. The van der Waals surface area contributed by atoms with E-state index in [2.05, 4.69) is 29.8 Å². The molecule has 0 aliphatic carbocycles. The number of hydrogen-bond donors (Lipinski definition) is 0. The molecule has 0 unspecified atom stereocenters. The third kappa shape index (κ3) is 4.70. The number of rotatable bonds is 4. The predicted molar refractivity (Wildman–Crippen MR) is 90.5 cm³/mol. The molecule has 1 amide bonds. The van der Waals surface area contributed by atoms with E-state index in [1.807, 2.05) is 0 Å². The van der Waals surface area contributed by atoms with Crippen molar-refractivity contribution in [1.29, 1.82) is 0 Å². The van der Waals surface area contributed by atoms with E-state index in [0.717, 1.165) is 19.5 Å². The van der Waals surface area contributed by atoms with Gasteiger partial charge in [0.05, 0.1) is 12.7 Å². The zero-order valence-corrected chi connectivity index (χ0v) is 15.3. The molecule has 0 spiro atoms. The first-order valence-electron chi connectivity index (χ1n) is 7.69. The summed E-state index contributed by atoms with van der Waals surface area (Å²) in [7, 11) is 1.53. The van der Waals surface area contributed by atoms with Crippen LogP contribution in [0.3, 0.4) is 0 Å². The molecule has 0 aromatic heterocycles. The molecule has 2 atom stereocenters. The highest BCUT2D eigenvalue weighted by molar-refractivity contribution is 9.10. The number of hydrogen-bond acceptors (Lipinski definition) is 4. The maximum absolute atomic E-state index is 12.2. The van der Waals surface area contributed by atoms with Crippen LogP contribution in [-0.4, -0.2) is 43.6 Å². The van der Waals surface area contributed by atoms with Gasteiger partial charge in [0.2, 0.25) is 0 Å². The molecule has 2 rings (SSSR count). The molecule has 0 N–H and O–H groups in total. The van der Waals surface area contributed by atoms with Crippen LogP contribution in [0.25, 0.3) is 0 Å². The van der Waals surface area contributed by atoms with Crippen LogP contribution < -0.4 is 4.74 Å². The lowest BCUT2D eigenvalue weighted by atomic mass is 9.92. The van der Waals surface area contributed by atoms with Crippen molar-refractivity contribution in [2.24, 2.45) is 11.8 Å². The molecular formula is C17H22BrNO4. The quantitative estimate of drug-likeness (QED) is 0.749. The summed E-state index contributed by atoms with van der Waals surface area (Å²) in [5.41, 5.74) is 0.345. The lowest BCUT2D eigenvalue weighted by Crippen LogP contribution is -2.44. The first-order valence-corrected chi connectivity index (χ1v) is 8.48. The van der Waals surface area contributed by atoms with E-state index in [0.29, 0.717) is 27.6 Å². The molecule has 1 aromatic carbocycles. The fraction of sp³-hybridized carbons (Fsp3) is 0.529. The van der Waals surface area contributed by atoms with Gasteiger partial charge >= 0.3 is 5.97 Å². The zero-order chi connectivity index (χ0) is 17.0. The number of methoxy groups -OCH3 is 1. The van der Waals surface area contributed by atoms with Crippen molar-refractivity contribution in [2.75, 3.05) is 26.8 Å². The van der Waals surface area contributed by atoms with Gasteiger partial charge in [-0.05, 0) is 52.4 Å². The minimum atomic E-state index is -0.540. The van der Waals surface area contributed by atoms with Gasteiger partial charge in [-0.1, -0.05) is 13.8 Å². The summed E-state index contributed by atoms with van der Waals surface area (Å²) in [5, 5.41) is 0. The fourth-order valence-electron chi connectivity index (χ4n) is 2.95. The summed E-state index contributed by atoms with van der Waals surface area (Å²) < 4.78 is 10.9. The number of carbonyl (C=O) groups is 2.